The van der Waals surface area contributed by atoms with Crippen LogP contribution in [0.15, 0.2) is 320 Å². The molecule has 16 aromatic rings. The van der Waals surface area contributed by atoms with Crippen LogP contribution in [0.25, 0.3) is 135 Å². The number of hydrogen-bond donors (Lipinski definition) is 4. The van der Waals surface area contributed by atoms with E-state index in [0.29, 0.717) is 0 Å². The number of furan rings is 4. The first-order valence-electron chi connectivity index (χ1n) is 37.8. The SMILES string of the molecule is CC(=O)C=C(C)O.CC(=O)C=C(C)O.CC(=O)C=C(C)O.CC(=O)C=C(C)O.Cc1cc(C)c(-c2cc3nc(-c4[c-]cccc4)ccc3o2)c(C)c1.Cc1ccc(-c2cc3nc(-c4[c-]cccc4)ccc3o2)cc1.Cc1cccc(C)c1-c1cc2nc(-c3[c-]cccc3)ccc2o1.[Ir].[Ir].[Ir].[Ir].[c-]1ccccc1-c1ccc2oc(-c3ccccc3)cc2n1. The third kappa shape index (κ3) is 30.9. The molecule has 0 aliphatic heterocycles. The van der Waals surface area contributed by atoms with E-state index in [0.717, 1.165) is 135 Å². The largest absolute Gasteiger partial charge is 0.512 e. The Kier molecular flexibility index (Phi) is 40.9. The van der Waals surface area contributed by atoms with Crippen molar-refractivity contribution in [1.29, 1.82) is 0 Å². The minimum Gasteiger partial charge on any atom is -0.512 e. The van der Waals surface area contributed by atoms with Crippen LogP contribution in [-0.4, -0.2) is 63.5 Å². The molecule has 0 aliphatic rings. The summed E-state index contributed by atoms with van der Waals surface area (Å²) < 4.78 is 23.9. The fraction of sp³-hybridized carbons (Fsp3) is 0.137. The van der Waals surface area contributed by atoms with E-state index in [1.807, 2.05) is 200 Å². The van der Waals surface area contributed by atoms with Crippen molar-refractivity contribution in [2.75, 3.05) is 0 Å². The van der Waals surface area contributed by atoms with Crippen LogP contribution in [0.2, 0.25) is 0 Å². The number of aromatic nitrogens is 4. The second kappa shape index (κ2) is 49.6. The molecule has 0 unspecified atom stereocenters. The maximum atomic E-state index is 10.0. The molecule has 0 saturated carbocycles. The second-order valence-corrected chi connectivity index (χ2v) is 27.7. The van der Waals surface area contributed by atoms with Gasteiger partial charge >= 0.3 is 0 Å². The molecule has 8 aromatic carbocycles. The molecule has 20 heteroatoms. The molecule has 0 bridgehead atoms. The number of benzene rings is 8. The molecule has 632 valence electrons. The minimum absolute atomic E-state index is 0. The van der Waals surface area contributed by atoms with Crippen molar-refractivity contribution in [3.05, 3.63) is 360 Å². The number of allylic oxidation sites excluding steroid dienone is 8. The van der Waals surface area contributed by atoms with Crippen molar-refractivity contribution in [3.8, 4) is 90.3 Å². The molecule has 16 rings (SSSR count). The van der Waals surface area contributed by atoms with Gasteiger partial charge in [0, 0.05) is 151 Å². The van der Waals surface area contributed by atoms with Gasteiger partial charge < -0.3 is 38.1 Å². The number of carbonyl (C=O) groups is 4. The number of aliphatic hydroxyl groups excluding tert-OH is 4. The Balaban J connectivity index is 0.000000259. The van der Waals surface area contributed by atoms with Crippen LogP contribution >= 0.6 is 0 Å². The third-order valence-electron chi connectivity index (χ3n) is 17.1. The molecule has 16 nitrogen and oxygen atoms in total. The van der Waals surface area contributed by atoms with Crippen LogP contribution in [0.1, 0.15) is 88.8 Å². The molecule has 0 saturated heterocycles. The van der Waals surface area contributed by atoms with Crippen LogP contribution in [0, 0.1) is 65.8 Å². The number of aryl methyl sites for hydroxylation is 6. The molecule has 0 atom stereocenters. The summed E-state index contributed by atoms with van der Waals surface area (Å²) in [6.07, 6.45) is 4.67. The molecule has 0 amide bonds. The molecule has 4 N–H and O–H groups in total. The summed E-state index contributed by atoms with van der Waals surface area (Å²) in [6.45, 7) is 24.0. The number of ketones is 4. The van der Waals surface area contributed by atoms with Crippen LogP contribution in [0.5, 0.6) is 0 Å². The zero-order valence-corrected chi connectivity index (χ0v) is 79.3. The summed E-state index contributed by atoms with van der Waals surface area (Å²) >= 11 is 0. The number of rotatable bonds is 12. The summed E-state index contributed by atoms with van der Waals surface area (Å²) in [7, 11) is 0. The first-order chi connectivity index (χ1) is 56.5. The topological polar surface area (TPSA) is 253 Å². The molecule has 0 fully saturated rings. The molecular weight excluding hydrogens is 2240 g/mol. The number of carbonyl (C=O) groups excluding carboxylic acids is 4. The maximum Gasteiger partial charge on any atom is 0.155 e. The van der Waals surface area contributed by atoms with Crippen molar-refractivity contribution in [2.45, 2.75) is 96.9 Å². The quantitative estimate of drug-likeness (QED) is 0.0504. The predicted octanol–water partition coefficient (Wildman–Crippen LogP) is 25.8. The monoisotopic (exact) mass is 2340 g/mol. The molecule has 0 aliphatic carbocycles. The number of aliphatic hydroxyl groups is 4. The first-order valence-corrected chi connectivity index (χ1v) is 37.8. The van der Waals surface area contributed by atoms with Crippen LogP contribution in [0.4, 0.5) is 0 Å². The fourth-order valence-electron chi connectivity index (χ4n) is 12.3. The fourth-order valence-corrected chi connectivity index (χ4v) is 12.3. The van der Waals surface area contributed by atoms with E-state index in [4.69, 9.17) is 48.1 Å². The Bertz CT molecular complexity index is 6030. The summed E-state index contributed by atoms with van der Waals surface area (Å²) in [5.41, 5.74) is 26.1. The number of fused-ring (bicyclic) bond motifs is 4. The van der Waals surface area contributed by atoms with Gasteiger partial charge in [-0.2, -0.15) is 0 Å². The van der Waals surface area contributed by atoms with E-state index < -0.39 is 0 Å². The molecule has 4 radical (unpaired) electrons. The van der Waals surface area contributed by atoms with E-state index in [9.17, 15) is 19.2 Å². The van der Waals surface area contributed by atoms with Crippen molar-refractivity contribution in [2.24, 2.45) is 0 Å². The molecule has 8 heterocycles. The number of nitrogens with zero attached hydrogens (tertiary/aromatic N) is 4. The standard InChI is InChI=1S/C22H18NO.C21H16NO.C20H14NO.C19H12NO.4C5H8O2.4Ir/c1-14-11-15(2)22(16(3)12-14)21-13-19-20(24-21)10-9-18(23-19)17-7-5-4-6-8-17;1-14-7-6-8-15(2)21(14)20-13-18-19(23-20)12-11-17(22-18)16-9-4-3-5-10-16;1-14-7-9-16(10-8-14)20-13-18-19(22-20)12-11-17(21-18)15-5-3-2-4-6-15;1-3-7-14(8-4-1)16-11-12-18-17(20-16)13-19(21-18)15-9-5-2-6-10-15;4*1-4(6)3-5(2)7;;;;/h4-7,9-13H,1-3H3;3-9,11-13H,1-2H3;2-5,7-13H,1H3;1-7,9-13H;4*3,6H,1-2H3;;;;/q4*-1;;;;;;;;. The van der Waals surface area contributed by atoms with E-state index in [-0.39, 0.29) is 127 Å². The first kappa shape index (κ1) is 101. The second-order valence-electron chi connectivity index (χ2n) is 27.7. The van der Waals surface area contributed by atoms with Crippen molar-refractivity contribution >= 4 is 67.5 Å². The van der Waals surface area contributed by atoms with Gasteiger partial charge in [-0.3, -0.25) is 39.1 Å². The van der Waals surface area contributed by atoms with Gasteiger partial charge in [-0.05, 0) is 166 Å². The number of hydrogen-bond acceptors (Lipinski definition) is 16. The van der Waals surface area contributed by atoms with Crippen molar-refractivity contribution in [3.63, 3.8) is 0 Å². The van der Waals surface area contributed by atoms with Gasteiger partial charge in [0.2, 0.25) is 0 Å². The van der Waals surface area contributed by atoms with Crippen molar-refractivity contribution in [1.82, 2.24) is 19.9 Å². The Morgan fingerprint density at radius 1 is 0.279 bits per heavy atom. The van der Waals surface area contributed by atoms with Crippen LogP contribution in [0.3, 0.4) is 0 Å². The van der Waals surface area contributed by atoms with Crippen molar-refractivity contribution < 1.29 is 138 Å². The van der Waals surface area contributed by atoms with Gasteiger partial charge in [-0.15, -0.1) is 144 Å². The molecule has 0 spiro atoms. The third-order valence-corrected chi connectivity index (χ3v) is 17.1. The smallest absolute Gasteiger partial charge is 0.155 e. The van der Waals surface area contributed by atoms with Gasteiger partial charge in [0.25, 0.3) is 0 Å². The predicted molar refractivity (Wildman–Crippen MR) is 472 cm³/mol. The zero-order valence-electron chi connectivity index (χ0n) is 69.7. The Hall–Kier alpha value is -12.0. The summed E-state index contributed by atoms with van der Waals surface area (Å²) in [5.74, 6) is 3.18. The Morgan fingerprint density at radius 3 is 0.803 bits per heavy atom. The minimum atomic E-state index is -0.125. The van der Waals surface area contributed by atoms with E-state index >= 15 is 0 Å². The van der Waals surface area contributed by atoms with E-state index in [2.05, 4.69) is 130 Å². The van der Waals surface area contributed by atoms with Gasteiger partial charge in [-0.25, -0.2) is 0 Å². The summed E-state index contributed by atoms with van der Waals surface area (Å²) in [4.78, 5) is 58.9. The maximum absolute atomic E-state index is 10.0. The van der Waals surface area contributed by atoms with E-state index in [1.165, 1.54) is 113 Å². The molecule has 8 aromatic heterocycles. The summed E-state index contributed by atoms with van der Waals surface area (Å²) in [6, 6.07) is 97.1. The zero-order chi connectivity index (χ0) is 85.0. The van der Waals surface area contributed by atoms with Gasteiger partial charge in [-0.1, -0.05) is 120 Å². The average Bonchev–Trinajstić information content (AvgIpc) is 1.63. The molecule has 122 heavy (non-hydrogen) atoms. The van der Waals surface area contributed by atoms with E-state index in [1.54, 1.807) is 0 Å². The Morgan fingerprint density at radius 2 is 0.541 bits per heavy atom. The van der Waals surface area contributed by atoms with Crippen LogP contribution in [-0.2, 0) is 99.6 Å². The Labute approximate surface area is 765 Å². The normalized spacial score (nSPS) is 10.7. The van der Waals surface area contributed by atoms with Gasteiger partial charge in [0.15, 0.2) is 45.5 Å². The van der Waals surface area contributed by atoms with Gasteiger partial charge in [0.05, 0.1) is 45.1 Å². The van der Waals surface area contributed by atoms with Crippen LogP contribution < -0.4 is 0 Å². The molecular formula is C102H92Ir4N4O12-4. The van der Waals surface area contributed by atoms with Gasteiger partial charge in [0.1, 0.15) is 23.0 Å². The average molecular weight is 2330 g/mol. The summed E-state index contributed by atoms with van der Waals surface area (Å²) in [5, 5.41) is 33.5. The number of pyridine rings is 4.